The van der Waals surface area contributed by atoms with Gasteiger partial charge in [0, 0.05) is 23.1 Å². The monoisotopic (exact) mass is 538 g/mol. The Balaban J connectivity index is 1.27. The van der Waals surface area contributed by atoms with Crippen LogP contribution < -0.4 is 10.6 Å². The van der Waals surface area contributed by atoms with Crippen molar-refractivity contribution in [1.29, 1.82) is 0 Å². The molecule has 2 amide bonds. The Labute approximate surface area is 219 Å². The highest BCUT2D eigenvalue weighted by Gasteiger charge is 2.57. The van der Waals surface area contributed by atoms with Gasteiger partial charge in [0.2, 0.25) is 0 Å². The maximum absolute atomic E-state index is 12.9. The summed E-state index contributed by atoms with van der Waals surface area (Å²) >= 11 is 24.4. The van der Waals surface area contributed by atoms with Crippen LogP contribution in [0.15, 0.2) is 36.4 Å². The van der Waals surface area contributed by atoms with E-state index >= 15 is 0 Å². The summed E-state index contributed by atoms with van der Waals surface area (Å²) in [5.74, 6) is 0.927. The van der Waals surface area contributed by atoms with Crippen molar-refractivity contribution in [3.05, 3.63) is 67.6 Å². The van der Waals surface area contributed by atoms with Gasteiger partial charge >= 0.3 is 0 Å². The van der Waals surface area contributed by atoms with E-state index in [4.69, 9.17) is 46.4 Å². The van der Waals surface area contributed by atoms with Crippen molar-refractivity contribution >= 4 is 58.2 Å². The lowest BCUT2D eigenvalue weighted by Crippen LogP contribution is -2.58. The van der Waals surface area contributed by atoms with E-state index in [1.54, 1.807) is 36.4 Å². The maximum Gasteiger partial charge on any atom is 0.252 e. The molecule has 6 rings (SSSR count). The Kier molecular flexibility index (Phi) is 6.56. The number of benzene rings is 2. The van der Waals surface area contributed by atoms with Crippen LogP contribution in [0, 0.1) is 22.7 Å². The van der Waals surface area contributed by atoms with Gasteiger partial charge in [-0.05, 0) is 97.6 Å². The predicted molar refractivity (Wildman–Crippen MR) is 137 cm³/mol. The van der Waals surface area contributed by atoms with Gasteiger partial charge in [0.15, 0.2) is 0 Å². The quantitative estimate of drug-likeness (QED) is 0.413. The SMILES string of the molecule is O=C(NCC12CC3CC(C1)CC(CNC(=O)c1ccc(Cl)cc1Cl)(C3)C2)c1ccc(Cl)cc1Cl. The zero-order chi connectivity index (χ0) is 24.1. The maximum atomic E-state index is 12.9. The molecule has 0 aromatic heterocycles. The molecule has 180 valence electrons. The van der Waals surface area contributed by atoms with Gasteiger partial charge in [-0.3, -0.25) is 9.59 Å². The molecule has 0 spiro atoms. The third-order valence-corrected chi connectivity index (χ3v) is 9.00. The minimum atomic E-state index is -0.169. The van der Waals surface area contributed by atoms with Crippen LogP contribution in [0.25, 0.3) is 0 Å². The summed E-state index contributed by atoms with van der Waals surface area (Å²) in [6.45, 7) is 1.24. The highest BCUT2D eigenvalue weighted by molar-refractivity contribution is 6.37. The first kappa shape index (κ1) is 24.2. The Hall–Kier alpha value is -1.46. The van der Waals surface area contributed by atoms with Crippen molar-refractivity contribution in [3.8, 4) is 0 Å². The summed E-state index contributed by atoms with van der Waals surface area (Å²) in [4.78, 5) is 25.7. The molecule has 4 aliphatic carbocycles. The molecule has 4 bridgehead atoms. The van der Waals surface area contributed by atoms with Crippen LogP contribution in [0.5, 0.6) is 0 Å². The fourth-order valence-electron chi connectivity index (χ4n) is 7.14. The molecular weight excluding hydrogens is 514 g/mol. The molecule has 0 saturated heterocycles. The number of hydrogen-bond acceptors (Lipinski definition) is 2. The third-order valence-electron chi connectivity index (χ3n) is 7.90. The lowest BCUT2D eigenvalue weighted by molar-refractivity contribution is -0.105. The number of hydrogen-bond donors (Lipinski definition) is 2. The van der Waals surface area contributed by atoms with E-state index in [1.165, 1.54) is 6.42 Å². The topological polar surface area (TPSA) is 58.2 Å². The van der Waals surface area contributed by atoms with E-state index in [0.717, 1.165) is 32.1 Å². The van der Waals surface area contributed by atoms with Gasteiger partial charge in [-0.2, -0.15) is 0 Å². The van der Waals surface area contributed by atoms with E-state index in [-0.39, 0.29) is 22.6 Å². The molecule has 2 aromatic rings. The molecule has 2 aromatic carbocycles. The molecule has 34 heavy (non-hydrogen) atoms. The smallest absolute Gasteiger partial charge is 0.252 e. The van der Waals surface area contributed by atoms with Gasteiger partial charge < -0.3 is 10.6 Å². The molecule has 0 radical (unpaired) electrons. The van der Waals surface area contributed by atoms with Crippen LogP contribution >= 0.6 is 46.4 Å². The third kappa shape index (κ3) is 4.80. The first-order valence-electron chi connectivity index (χ1n) is 11.6. The Bertz CT molecular complexity index is 1050. The van der Waals surface area contributed by atoms with Crippen LogP contribution in [0.4, 0.5) is 0 Å². The molecule has 4 saturated carbocycles. The van der Waals surface area contributed by atoms with Gasteiger partial charge in [0.1, 0.15) is 0 Å². The summed E-state index contributed by atoms with van der Waals surface area (Å²) < 4.78 is 0. The molecule has 0 atom stereocenters. The van der Waals surface area contributed by atoms with Gasteiger partial charge in [-0.1, -0.05) is 46.4 Å². The standard InChI is InChI=1S/C26H26Cl4N2O2/c27-17-1-3-19(21(29)6-17)23(33)31-13-25-8-15-5-16(9-25)11-26(10-15,12-25)14-32-24(34)20-4-2-18(28)7-22(20)30/h1-4,6-7,15-16H,5,8-14H2,(H,31,33)(H,32,34). The summed E-state index contributed by atoms with van der Waals surface area (Å²) in [6, 6.07) is 9.87. The molecule has 4 fully saturated rings. The number of nitrogens with one attached hydrogen (secondary N) is 2. The molecular formula is C26H26Cl4N2O2. The Morgan fingerprint density at radius 1 is 0.735 bits per heavy atom. The lowest BCUT2D eigenvalue weighted by Gasteiger charge is -2.62. The van der Waals surface area contributed by atoms with Crippen LogP contribution in [-0.4, -0.2) is 24.9 Å². The number of carbonyl (C=O) groups excluding carboxylic acids is 2. The van der Waals surface area contributed by atoms with Gasteiger partial charge in [0.25, 0.3) is 11.8 Å². The Morgan fingerprint density at radius 2 is 1.15 bits per heavy atom. The van der Waals surface area contributed by atoms with Crippen LogP contribution in [0.2, 0.25) is 20.1 Å². The van der Waals surface area contributed by atoms with Crippen molar-refractivity contribution in [3.63, 3.8) is 0 Å². The molecule has 0 heterocycles. The second kappa shape index (κ2) is 9.20. The highest BCUT2D eigenvalue weighted by Crippen LogP contribution is 2.64. The molecule has 2 N–H and O–H groups in total. The average Bonchev–Trinajstić information content (AvgIpc) is 2.75. The zero-order valence-electron chi connectivity index (χ0n) is 18.6. The molecule has 4 aliphatic rings. The van der Waals surface area contributed by atoms with Gasteiger partial charge in [0.05, 0.1) is 21.2 Å². The second-order valence-corrected chi connectivity index (χ2v) is 12.3. The summed E-state index contributed by atoms with van der Waals surface area (Å²) in [5, 5.41) is 8.03. The summed E-state index contributed by atoms with van der Waals surface area (Å²) in [6.07, 6.45) is 6.73. The zero-order valence-corrected chi connectivity index (χ0v) is 21.6. The second-order valence-electron chi connectivity index (χ2n) is 10.6. The van der Waals surface area contributed by atoms with E-state index in [1.807, 2.05) is 0 Å². The van der Waals surface area contributed by atoms with Gasteiger partial charge in [-0.25, -0.2) is 0 Å². The van der Waals surface area contributed by atoms with Crippen molar-refractivity contribution in [2.75, 3.05) is 13.1 Å². The first-order valence-corrected chi connectivity index (χ1v) is 13.1. The highest BCUT2D eigenvalue weighted by atomic mass is 35.5. The fraction of sp³-hybridized carbons (Fsp3) is 0.462. The van der Waals surface area contributed by atoms with E-state index in [9.17, 15) is 9.59 Å². The van der Waals surface area contributed by atoms with Crippen molar-refractivity contribution in [1.82, 2.24) is 10.6 Å². The first-order chi connectivity index (χ1) is 16.2. The Morgan fingerprint density at radius 3 is 1.53 bits per heavy atom. The fourth-order valence-corrected chi connectivity index (χ4v) is 8.12. The van der Waals surface area contributed by atoms with Crippen LogP contribution in [0.1, 0.15) is 59.2 Å². The molecule has 4 nitrogen and oxygen atoms in total. The predicted octanol–water partition coefficient (Wildman–Crippen LogP) is 7.05. The normalized spacial score (nSPS) is 29.2. The molecule has 0 unspecified atom stereocenters. The largest absolute Gasteiger partial charge is 0.351 e. The molecule has 8 heteroatoms. The van der Waals surface area contributed by atoms with Crippen molar-refractivity contribution in [2.24, 2.45) is 22.7 Å². The summed E-state index contributed by atoms with van der Waals surface area (Å²) in [5.41, 5.74) is 0.998. The number of rotatable bonds is 6. The van der Waals surface area contributed by atoms with E-state index in [0.29, 0.717) is 56.1 Å². The van der Waals surface area contributed by atoms with Crippen molar-refractivity contribution in [2.45, 2.75) is 38.5 Å². The van der Waals surface area contributed by atoms with E-state index < -0.39 is 0 Å². The average molecular weight is 540 g/mol. The van der Waals surface area contributed by atoms with Crippen LogP contribution in [0.3, 0.4) is 0 Å². The summed E-state index contributed by atoms with van der Waals surface area (Å²) in [7, 11) is 0. The minimum absolute atomic E-state index is 0.0568. The van der Waals surface area contributed by atoms with Crippen LogP contribution in [-0.2, 0) is 0 Å². The number of halogens is 4. The number of amides is 2. The number of carbonyl (C=O) groups is 2. The minimum Gasteiger partial charge on any atom is -0.351 e. The van der Waals surface area contributed by atoms with E-state index in [2.05, 4.69) is 10.6 Å². The van der Waals surface area contributed by atoms with Crippen molar-refractivity contribution < 1.29 is 9.59 Å². The lowest BCUT2D eigenvalue weighted by atomic mass is 9.44. The molecule has 0 aliphatic heterocycles. The van der Waals surface area contributed by atoms with Gasteiger partial charge in [-0.15, -0.1) is 0 Å².